The van der Waals surface area contributed by atoms with Crippen molar-refractivity contribution in [1.29, 1.82) is 0 Å². The summed E-state index contributed by atoms with van der Waals surface area (Å²) in [6, 6.07) is 7.11. The van der Waals surface area contributed by atoms with Crippen LogP contribution in [0.15, 0.2) is 35.8 Å². The molecule has 0 aliphatic rings. The van der Waals surface area contributed by atoms with E-state index in [2.05, 4.69) is 24.1 Å². The van der Waals surface area contributed by atoms with Crippen molar-refractivity contribution in [2.75, 3.05) is 7.11 Å². The van der Waals surface area contributed by atoms with Crippen molar-refractivity contribution < 1.29 is 9.53 Å². The minimum atomic E-state index is -0.102. The first kappa shape index (κ1) is 15.5. The zero-order valence-corrected chi connectivity index (χ0v) is 13.3. The highest BCUT2D eigenvalue weighted by Gasteiger charge is 2.19. The van der Waals surface area contributed by atoms with E-state index >= 15 is 0 Å². The smallest absolute Gasteiger partial charge is 0.251 e. The van der Waals surface area contributed by atoms with Crippen LogP contribution in [0.25, 0.3) is 0 Å². The largest absolute Gasteiger partial charge is 0.497 e. The lowest BCUT2D eigenvalue weighted by molar-refractivity contribution is 0.0931. The van der Waals surface area contributed by atoms with E-state index in [0.717, 1.165) is 11.4 Å². The van der Waals surface area contributed by atoms with E-state index in [1.54, 1.807) is 36.8 Å². The Labute approximate surface area is 129 Å². The fraction of sp³-hybridized carbons (Fsp3) is 0.375. The number of nitrogens with one attached hydrogen (secondary N) is 1. The molecule has 112 valence electrons. The average molecular weight is 304 g/mol. The van der Waals surface area contributed by atoms with Crippen LogP contribution in [0.3, 0.4) is 0 Å². The minimum Gasteiger partial charge on any atom is -0.497 e. The first-order valence-corrected chi connectivity index (χ1v) is 7.82. The number of methoxy groups -OCH3 is 1. The number of hydrogen-bond donors (Lipinski definition) is 1. The van der Waals surface area contributed by atoms with Gasteiger partial charge in [-0.1, -0.05) is 19.9 Å². The molecule has 1 amide bonds. The Hall–Kier alpha value is -1.88. The van der Waals surface area contributed by atoms with Crippen LogP contribution in [-0.2, 0) is 0 Å². The Morgan fingerprint density at radius 2 is 2.24 bits per heavy atom. The van der Waals surface area contributed by atoms with E-state index in [1.807, 2.05) is 17.5 Å². The van der Waals surface area contributed by atoms with Gasteiger partial charge in [-0.15, -0.1) is 11.3 Å². The summed E-state index contributed by atoms with van der Waals surface area (Å²) in [5.41, 5.74) is 0.597. The van der Waals surface area contributed by atoms with E-state index in [4.69, 9.17) is 4.74 Å². The van der Waals surface area contributed by atoms with E-state index in [1.165, 1.54) is 0 Å². The fourth-order valence-corrected chi connectivity index (χ4v) is 2.81. The zero-order chi connectivity index (χ0) is 15.2. The summed E-state index contributed by atoms with van der Waals surface area (Å²) in [6.07, 6.45) is 2.63. The predicted molar refractivity (Wildman–Crippen MR) is 84.8 cm³/mol. The molecule has 1 atom stereocenters. The third-order valence-electron chi connectivity index (χ3n) is 3.09. The topological polar surface area (TPSA) is 51.2 Å². The first-order chi connectivity index (χ1) is 10.1. The molecule has 1 heterocycles. The number of nitrogens with zero attached hydrogens (tertiary/aromatic N) is 1. The average Bonchev–Trinajstić information content (AvgIpc) is 3.00. The second kappa shape index (κ2) is 7.22. The molecular weight excluding hydrogens is 284 g/mol. The number of ether oxygens (including phenoxy) is 1. The van der Waals surface area contributed by atoms with Gasteiger partial charge in [0, 0.05) is 17.1 Å². The third-order valence-corrected chi connectivity index (χ3v) is 3.98. The van der Waals surface area contributed by atoms with Gasteiger partial charge in [0.05, 0.1) is 13.2 Å². The number of amides is 1. The van der Waals surface area contributed by atoms with Crippen molar-refractivity contribution in [2.24, 2.45) is 5.92 Å². The van der Waals surface area contributed by atoms with Crippen molar-refractivity contribution in [3.05, 3.63) is 46.4 Å². The zero-order valence-electron chi connectivity index (χ0n) is 12.5. The van der Waals surface area contributed by atoms with Crippen molar-refractivity contribution in [2.45, 2.75) is 26.3 Å². The van der Waals surface area contributed by atoms with Crippen molar-refractivity contribution in [3.8, 4) is 5.75 Å². The van der Waals surface area contributed by atoms with Crippen molar-refractivity contribution in [3.63, 3.8) is 0 Å². The molecule has 0 aliphatic heterocycles. The Morgan fingerprint density at radius 1 is 1.43 bits per heavy atom. The van der Waals surface area contributed by atoms with Crippen molar-refractivity contribution in [1.82, 2.24) is 10.3 Å². The fourth-order valence-electron chi connectivity index (χ4n) is 2.11. The molecule has 0 aliphatic carbocycles. The van der Waals surface area contributed by atoms with Gasteiger partial charge in [-0.05, 0) is 30.5 Å². The van der Waals surface area contributed by atoms with Gasteiger partial charge in [0.1, 0.15) is 10.8 Å². The monoisotopic (exact) mass is 304 g/mol. The first-order valence-electron chi connectivity index (χ1n) is 6.94. The molecule has 1 aromatic heterocycles. The standard InChI is InChI=1S/C16H20N2O2S/c1-11(2)9-14(16-17-7-8-21-16)18-15(19)12-5-4-6-13(10-12)20-3/h4-8,10-11,14H,9H2,1-3H3,(H,18,19). The molecule has 2 rings (SSSR count). The van der Waals surface area contributed by atoms with Gasteiger partial charge in [-0.2, -0.15) is 0 Å². The molecule has 1 aromatic carbocycles. The van der Waals surface area contributed by atoms with Crippen LogP contribution in [0.2, 0.25) is 0 Å². The highest BCUT2D eigenvalue weighted by Crippen LogP contribution is 2.24. The number of aromatic nitrogens is 1. The predicted octanol–water partition coefficient (Wildman–Crippen LogP) is 3.67. The summed E-state index contributed by atoms with van der Waals surface area (Å²) in [7, 11) is 1.59. The number of thiazole rings is 1. The molecule has 0 spiro atoms. The van der Waals surface area contributed by atoms with Crippen LogP contribution in [0, 0.1) is 5.92 Å². The van der Waals surface area contributed by atoms with Gasteiger partial charge >= 0.3 is 0 Å². The highest BCUT2D eigenvalue weighted by atomic mass is 32.1. The summed E-state index contributed by atoms with van der Waals surface area (Å²) >= 11 is 1.57. The van der Waals surface area contributed by atoms with Gasteiger partial charge < -0.3 is 10.1 Å². The maximum Gasteiger partial charge on any atom is 0.251 e. The molecule has 5 heteroatoms. The van der Waals surface area contributed by atoms with Crippen LogP contribution in [0.4, 0.5) is 0 Å². The van der Waals surface area contributed by atoms with Crippen LogP contribution in [0.1, 0.15) is 41.7 Å². The summed E-state index contributed by atoms with van der Waals surface area (Å²) in [4.78, 5) is 16.7. The molecule has 2 aromatic rings. The molecule has 21 heavy (non-hydrogen) atoms. The molecule has 0 saturated heterocycles. The summed E-state index contributed by atoms with van der Waals surface area (Å²) < 4.78 is 5.16. The lowest BCUT2D eigenvalue weighted by Crippen LogP contribution is -2.29. The summed E-state index contributed by atoms with van der Waals surface area (Å²) in [5.74, 6) is 1.05. The SMILES string of the molecule is COc1cccc(C(=O)NC(CC(C)C)c2nccs2)c1. The van der Waals surface area contributed by atoms with Gasteiger partial charge in [0.15, 0.2) is 0 Å². The van der Waals surface area contributed by atoms with E-state index < -0.39 is 0 Å². The second-order valence-corrected chi connectivity index (χ2v) is 6.18. The molecule has 0 saturated carbocycles. The summed E-state index contributed by atoms with van der Waals surface area (Å²) in [5, 5.41) is 5.95. The van der Waals surface area contributed by atoms with Gasteiger partial charge in [0.25, 0.3) is 5.91 Å². The molecule has 4 nitrogen and oxygen atoms in total. The van der Waals surface area contributed by atoms with E-state index in [-0.39, 0.29) is 11.9 Å². The molecule has 1 unspecified atom stereocenters. The van der Waals surface area contributed by atoms with Gasteiger partial charge in [-0.3, -0.25) is 4.79 Å². The number of benzene rings is 1. The van der Waals surface area contributed by atoms with Crippen LogP contribution < -0.4 is 10.1 Å². The normalized spacial score (nSPS) is 12.2. The maximum atomic E-state index is 12.4. The van der Waals surface area contributed by atoms with Crippen molar-refractivity contribution >= 4 is 17.2 Å². The Morgan fingerprint density at radius 3 is 2.86 bits per heavy atom. The Balaban J connectivity index is 2.14. The third kappa shape index (κ3) is 4.29. The number of rotatable bonds is 6. The highest BCUT2D eigenvalue weighted by molar-refractivity contribution is 7.09. The molecule has 0 radical (unpaired) electrons. The van der Waals surface area contributed by atoms with Crippen LogP contribution in [-0.4, -0.2) is 18.0 Å². The lowest BCUT2D eigenvalue weighted by atomic mass is 10.0. The molecule has 0 fully saturated rings. The summed E-state index contributed by atoms with van der Waals surface area (Å²) in [6.45, 7) is 4.27. The van der Waals surface area contributed by atoms with E-state index in [9.17, 15) is 4.79 Å². The minimum absolute atomic E-state index is 0.0521. The van der Waals surface area contributed by atoms with E-state index in [0.29, 0.717) is 17.2 Å². The number of carbonyl (C=O) groups is 1. The maximum absolute atomic E-state index is 12.4. The number of carbonyl (C=O) groups excluding carboxylic acids is 1. The van der Waals surface area contributed by atoms with Crippen LogP contribution in [0.5, 0.6) is 5.75 Å². The van der Waals surface area contributed by atoms with Gasteiger partial charge in [-0.25, -0.2) is 4.98 Å². The lowest BCUT2D eigenvalue weighted by Gasteiger charge is -2.18. The molecule has 0 bridgehead atoms. The van der Waals surface area contributed by atoms with Gasteiger partial charge in [0.2, 0.25) is 0 Å². The quantitative estimate of drug-likeness (QED) is 0.886. The molecular formula is C16H20N2O2S. The molecule has 1 N–H and O–H groups in total. The van der Waals surface area contributed by atoms with Crippen LogP contribution >= 0.6 is 11.3 Å². The second-order valence-electron chi connectivity index (χ2n) is 5.26. The number of hydrogen-bond acceptors (Lipinski definition) is 4. The Kier molecular flexibility index (Phi) is 5.33. The Bertz CT molecular complexity index is 582.